The topological polar surface area (TPSA) is 52.6 Å². The standard InChI is InChI=1S/C32H52O4/c1-21(2)8-7-9-22(3)26-12-13-27-25-11-10-23-20-24(36-30(34)15-14-29(33)35-6)16-18-31(23,4)28(25)17-19-32(26,27)5/h10,21-22,24-28H,7-9,11-20H2,1-6H3/t22-,24-,25+,26-,27+,28+,31-,32+/m0/s1. The quantitative estimate of drug-likeness (QED) is 0.238. The van der Waals surface area contributed by atoms with Crippen molar-refractivity contribution in [3.05, 3.63) is 11.6 Å². The third-order valence-corrected chi connectivity index (χ3v) is 11.3. The molecule has 0 aromatic carbocycles. The summed E-state index contributed by atoms with van der Waals surface area (Å²) in [7, 11) is 1.35. The molecule has 0 unspecified atom stereocenters. The van der Waals surface area contributed by atoms with Gasteiger partial charge in [-0.15, -0.1) is 0 Å². The highest BCUT2D eigenvalue weighted by Gasteiger charge is 2.59. The summed E-state index contributed by atoms with van der Waals surface area (Å²) in [5.74, 6) is 4.42. The van der Waals surface area contributed by atoms with Gasteiger partial charge in [0.05, 0.1) is 20.0 Å². The van der Waals surface area contributed by atoms with Gasteiger partial charge in [-0.1, -0.05) is 65.5 Å². The zero-order chi connectivity index (χ0) is 26.1. The Morgan fingerprint density at radius 2 is 1.72 bits per heavy atom. The summed E-state index contributed by atoms with van der Waals surface area (Å²) in [5, 5.41) is 0. The van der Waals surface area contributed by atoms with Gasteiger partial charge in [0.15, 0.2) is 0 Å². The Balaban J connectivity index is 1.38. The monoisotopic (exact) mass is 500 g/mol. The van der Waals surface area contributed by atoms with Gasteiger partial charge in [0.25, 0.3) is 0 Å². The third kappa shape index (κ3) is 5.44. The molecule has 0 heterocycles. The second-order valence-corrected chi connectivity index (χ2v) is 13.7. The minimum absolute atomic E-state index is 0.0394. The number of carbonyl (C=O) groups excluding carboxylic acids is 2. The van der Waals surface area contributed by atoms with Crippen molar-refractivity contribution >= 4 is 11.9 Å². The van der Waals surface area contributed by atoms with Crippen molar-refractivity contribution in [1.82, 2.24) is 0 Å². The zero-order valence-electron chi connectivity index (χ0n) is 23.9. The molecule has 8 atom stereocenters. The van der Waals surface area contributed by atoms with E-state index in [4.69, 9.17) is 4.74 Å². The Labute approximate surface area is 220 Å². The van der Waals surface area contributed by atoms with Crippen molar-refractivity contribution in [3.8, 4) is 0 Å². The van der Waals surface area contributed by atoms with Gasteiger partial charge in [0.2, 0.25) is 0 Å². The molecule has 0 amide bonds. The first kappa shape index (κ1) is 27.7. The second kappa shape index (κ2) is 11.2. The van der Waals surface area contributed by atoms with E-state index < -0.39 is 0 Å². The van der Waals surface area contributed by atoms with Gasteiger partial charge >= 0.3 is 11.9 Å². The molecule has 0 spiro atoms. The molecule has 3 saturated carbocycles. The normalized spacial score (nSPS) is 38.4. The largest absolute Gasteiger partial charge is 0.469 e. The molecular weight excluding hydrogens is 448 g/mol. The predicted molar refractivity (Wildman–Crippen MR) is 144 cm³/mol. The number of esters is 2. The second-order valence-electron chi connectivity index (χ2n) is 13.7. The van der Waals surface area contributed by atoms with Crippen LogP contribution in [0.3, 0.4) is 0 Å². The summed E-state index contributed by atoms with van der Waals surface area (Å²) in [4.78, 5) is 23.7. The molecule has 36 heavy (non-hydrogen) atoms. The fraction of sp³-hybridized carbons (Fsp3) is 0.875. The molecule has 0 aromatic rings. The molecule has 4 aliphatic rings. The summed E-state index contributed by atoms with van der Waals surface area (Å²) in [6.45, 7) is 12.4. The minimum atomic E-state index is -0.354. The number of carbonyl (C=O) groups is 2. The van der Waals surface area contributed by atoms with E-state index in [0.29, 0.717) is 5.41 Å². The molecule has 4 aliphatic carbocycles. The van der Waals surface area contributed by atoms with Crippen LogP contribution in [0.15, 0.2) is 11.6 Å². The first-order chi connectivity index (χ1) is 17.1. The van der Waals surface area contributed by atoms with Crippen LogP contribution in [0.25, 0.3) is 0 Å². The van der Waals surface area contributed by atoms with Gasteiger partial charge in [-0.3, -0.25) is 9.59 Å². The van der Waals surface area contributed by atoms with E-state index in [-0.39, 0.29) is 36.3 Å². The van der Waals surface area contributed by atoms with Gasteiger partial charge in [0.1, 0.15) is 6.10 Å². The Bertz CT molecular complexity index is 830. The molecule has 0 aliphatic heterocycles. The van der Waals surface area contributed by atoms with Crippen molar-refractivity contribution in [3.63, 3.8) is 0 Å². The van der Waals surface area contributed by atoms with E-state index >= 15 is 0 Å². The van der Waals surface area contributed by atoms with Gasteiger partial charge in [-0.25, -0.2) is 0 Å². The zero-order valence-corrected chi connectivity index (χ0v) is 23.9. The Morgan fingerprint density at radius 3 is 2.44 bits per heavy atom. The summed E-state index contributed by atoms with van der Waals surface area (Å²) in [6.07, 6.45) is 16.7. The average Bonchev–Trinajstić information content (AvgIpc) is 3.19. The van der Waals surface area contributed by atoms with Crippen LogP contribution in [0, 0.1) is 46.3 Å². The summed E-state index contributed by atoms with van der Waals surface area (Å²) < 4.78 is 10.5. The number of rotatable bonds is 9. The average molecular weight is 501 g/mol. The Hall–Kier alpha value is -1.32. The van der Waals surface area contributed by atoms with Crippen LogP contribution >= 0.6 is 0 Å². The fourth-order valence-electron chi connectivity index (χ4n) is 9.30. The van der Waals surface area contributed by atoms with Gasteiger partial charge in [0, 0.05) is 6.42 Å². The van der Waals surface area contributed by atoms with Crippen LogP contribution < -0.4 is 0 Å². The Kier molecular flexibility index (Phi) is 8.62. The number of hydrogen-bond donors (Lipinski definition) is 0. The van der Waals surface area contributed by atoms with E-state index in [9.17, 15) is 9.59 Å². The molecule has 3 fully saturated rings. The molecule has 0 radical (unpaired) electrons. The number of methoxy groups -OCH3 is 1. The SMILES string of the molecule is COC(=O)CCC(=O)O[C@H]1CC[C@@]2(C)C(=CC[C@@H]3[C@H]4CC[C@@H]([C@@H](C)CCCC(C)C)[C@@]4(C)CC[C@H]32)C1. The molecule has 4 rings (SSSR count). The highest BCUT2D eigenvalue weighted by Crippen LogP contribution is 2.67. The maximum absolute atomic E-state index is 12.3. The number of ether oxygens (including phenoxy) is 2. The van der Waals surface area contributed by atoms with E-state index in [2.05, 4.69) is 45.4 Å². The molecule has 0 N–H and O–H groups in total. The van der Waals surface area contributed by atoms with Crippen LogP contribution in [0.4, 0.5) is 0 Å². The first-order valence-corrected chi connectivity index (χ1v) is 15.0. The van der Waals surface area contributed by atoms with Crippen molar-refractivity contribution < 1.29 is 19.1 Å². The van der Waals surface area contributed by atoms with Crippen LogP contribution in [-0.4, -0.2) is 25.2 Å². The number of fused-ring (bicyclic) bond motifs is 5. The maximum Gasteiger partial charge on any atom is 0.306 e. The molecular formula is C32H52O4. The van der Waals surface area contributed by atoms with Gasteiger partial charge < -0.3 is 9.47 Å². The van der Waals surface area contributed by atoms with E-state index in [0.717, 1.165) is 54.8 Å². The van der Waals surface area contributed by atoms with Crippen molar-refractivity contribution in [2.75, 3.05) is 7.11 Å². The lowest BCUT2D eigenvalue weighted by atomic mass is 9.47. The van der Waals surface area contributed by atoms with Crippen molar-refractivity contribution in [2.24, 2.45) is 46.3 Å². The van der Waals surface area contributed by atoms with Crippen LogP contribution in [-0.2, 0) is 19.1 Å². The van der Waals surface area contributed by atoms with Crippen LogP contribution in [0.1, 0.15) is 118 Å². The molecule has 4 nitrogen and oxygen atoms in total. The van der Waals surface area contributed by atoms with E-state index in [1.807, 2.05) is 0 Å². The minimum Gasteiger partial charge on any atom is -0.469 e. The van der Waals surface area contributed by atoms with Crippen LogP contribution in [0.2, 0.25) is 0 Å². The third-order valence-electron chi connectivity index (χ3n) is 11.3. The summed E-state index contributed by atoms with van der Waals surface area (Å²) in [5.41, 5.74) is 2.33. The van der Waals surface area contributed by atoms with Gasteiger partial charge in [-0.05, 0) is 91.3 Å². The molecule has 0 bridgehead atoms. The van der Waals surface area contributed by atoms with E-state index in [1.54, 1.807) is 5.57 Å². The smallest absolute Gasteiger partial charge is 0.306 e. The van der Waals surface area contributed by atoms with E-state index in [1.165, 1.54) is 58.5 Å². The number of allylic oxidation sites excluding steroid dienone is 1. The summed E-state index contributed by atoms with van der Waals surface area (Å²) in [6, 6.07) is 0. The van der Waals surface area contributed by atoms with Crippen molar-refractivity contribution in [2.45, 2.75) is 124 Å². The fourth-order valence-corrected chi connectivity index (χ4v) is 9.30. The predicted octanol–water partition coefficient (Wildman–Crippen LogP) is 7.89. The molecule has 0 aromatic heterocycles. The number of hydrogen-bond acceptors (Lipinski definition) is 4. The van der Waals surface area contributed by atoms with Crippen LogP contribution in [0.5, 0.6) is 0 Å². The molecule has 204 valence electrons. The molecule has 4 heteroatoms. The first-order valence-electron chi connectivity index (χ1n) is 15.0. The highest BCUT2D eigenvalue weighted by atomic mass is 16.5. The Morgan fingerprint density at radius 1 is 0.972 bits per heavy atom. The summed E-state index contributed by atoms with van der Waals surface area (Å²) >= 11 is 0. The lowest BCUT2D eigenvalue weighted by Crippen LogP contribution is -2.51. The highest BCUT2D eigenvalue weighted by molar-refractivity contribution is 5.77. The lowest BCUT2D eigenvalue weighted by molar-refractivity contribution is -0.154. The molecule has 0 saturated heterocycles. The van der Waals surface area contributed by atoms with Gasteiger partial charge in [-0.2, -0.15) is 0 Å². The lowest BCUT2D eigenvalue weighted by Gasteiger charge is -2.58. The maximum atomic E-state index is 12.3. The van der Waals surface area contributed by atoms with Crippen molar-refractivity contribution in [1.29, 1.82) is 0 Å².